The first-order chi connectivity index (χ1) is 12.6. The molecule has 0 spiro atoms. The van der Waals surface area contributed by atoms with E-state index in [2.05, 4.69) is 15.6 Å². The summed E-state index contributed by atoms with van der Waals surface area (Å²) in [4.78, 5) is 49.7. The summed E-state index contributed by atoms with van der Waals surface area (Å²) in [6, 6.07) is 0. The summed E-state index contributed by atoms with van der Waals surface area (Å²) in [6.07, 6.45) is -5.27. The molecule has 0 bridgehead atoms. The molecule has 0 radical (unpaired) electrons. The van der Waals surface area contributed by atoms with Gasteiger partial charge in [-0.25, -0.2) is 4.79 Å². The summed E-state index contributed by atoms with van der Waals surface area (Å²) >= 11 is 0. The van der Waals surface area contributed by atoms with Crippen LogP contribution in [0.2, 0.25) is 0 Å². The molecule has 1 rings (SSSR count). The molecule has 0 aromatic carbocycles. The largest absolute Gasteiger partial charge is 0.481 e. The number of amides is 1. The highest BCUT2D eigenvalue weighted by atomic mass is 16.4. The molecule has 1 aromatic rings. The van der Waals surface area contributed by atoms with Crippen molar-refractivity contribution in [1.29, 1.82) is 0 Å². The Bertz CT molecular complexity index is 760. The molecule has 1 heterocycles. The predicted molar refractivity (Wildman–Crippen MR) is 91.4 cm³/mol. The summed E-state index contributed by atoms with van der Waals surface area (Å²) in [7, 11) is 0. The average Bonchev–Trinajstić information content (AvgIpc) is 2.60. The number of aliphatic hydroxyl groups excluding tert-OH is 4. The SMILES string of the molecule is O=C(O)CCCC(=O)Nc1c(NC[C@H](O)[C@H](O)[C@H](O)CO)[nH]c(=O)[nH]c1=O. The van der Waals surface area contributed by atoms with E-state index in [1.54, 1.807) is 0 Å². The third kappa shape index (κ3) is 7.18. The lowest BCUT2D eigenvalue weighted by molar-refractivity contribution is -0.137. The van der Waals surface area contributed by atoms with E-state index in [0.717, 1.165) is 0 Å². The highest BCUT2D eigenvalue weighted by Gasteiger charge is 2.24. The van der Waals surface area contributed by atoms with Gasteiger partial charge < -0.3 is 36.2 Å². The maximum atomic E-state index is 11.9. The highest BCUT2D eigenvalue weighted by molar-refractivity contribution is 5.93. The molecule has 0 fully saturated rings. The molecule has 152 valence electrons. The van der Waals surface area contributed by atoms with Crippen LogP contribution in [0.5, 0.6) is 0 Å². The van der Waals surface area contributed by atoms with Gasteiger partial charge in [0.05, 0.1) is 12.7 Å². The van der Waals surface area contributed by atoms with Gasteiger partial charge in [0.1, 0.15) is 23.7 Å². The number of hydrogen-bond donors (Lipinski definition) is 9. The van der Waals surface area contributed by atoms with Crippen LogP contribution < -0.4 is 21.9 Å². The van der Waals surface area contributed by atoms with Crippen molar-refractivity contribution in [3.05, 3.63) is 20.8 Å². The number of carboxylic acids is 1. The number of aliphatic carboxylic acids is 1. The van der Waals surface area contributed by atoms with Crippen LogP contribution in [0.1, 0.15) is 19.3 Å². The molecule has 0 aliphatic carbocycles. The van der Waals surface area contributed by atoms with Crippen LogP contribution in [0.3, 0.4) is 0 Å². The normalized spacial score (nSPS) is 14.2. The number of aromatic amines is 2. The van der Waals surface area contributed by atoms with Gasteiger partial charge >= 0.3 is 11.7 Å². The summed E-state index contributed by atoms with van der Waals surface area (Å²) in [6.45, 7) is -1.24. The summed E-state index contributed by atoms with van der Waals surface area (Å²) in [5.74, 6) is -2.02. The van der Waals surface area contributed by atoms with Gasteiger partial charge in [0.25, 0.3) is 5.56 Å². The van der Waals surface area contributed by atoms with E-state index in [9.17, 15) is 34.5 Å². The molecule has 13 nitrogen and oxygen atoms in total. The van der Waals surface area contributed by atoms with Crippen molar-refractivity contribution in [2.45, 2.75) is 37.6 Å². The lowest BCUT2D eigenvalue weighted by Crippen LogP contribution is -2.43. The maximum Gasteiger partial charge on any atom is 0.327 e. The third-order valence-corrected chi connectivity index (χ3v) is 3.47. The zero-order valence-corrected chi connectivity index (χ0v) is 14.1. The molecule has 1 amide bonds. The van der Waals surface area contributed by atoms with Crippen molar-refractivity contribution in [3.8, 4) is 0 Å². The number of H-pyrrole nitrogens is 2. The number of aromatic nitrogens is 2. The molecule has 0 saturated carbocycles. The minimum Gasteiger partial charge on any atom is -0.481 e. The van der Waals surface area contributed by atoms with Gasteiger partial charge in [0.15, 0.2) is 0 Å². The Kier molecular flexibility index (Phi) is 8.61. The second-order valence-corrected chi connectivity index (χ2v) is 5.64. The maximum absolute atomic E-state index is 11.9. The zero-order valence-electron chi connectivity index (χ0n) is 14.1. The molecule has 3 atom stereocenters. The predicted octanol–water partition coefficient (Wildman–Crippen LogP) is -3.26. The van der Waals surface area contributed by atoms with Gasteiger partial charge in [-0.2, -0.15) is 0 Å². The van der Waals surface area contributed by atoms with E-state index >= 15 is 0 Å². The van der Waals surface area contributed by atoms with E-state index < -0.39 is 54.6 Å². The summed E-state index contributed by atoms with van der Waals surface area (Å²) < 4.78 is 0. The van der Waals surface area contributed by atoms with Gasteiger partial charge in [-0.15, -0.1) is 0 Å². The smallest absolute Gasteiger partial charge is 0.327 e. The first-order valence-electron chi connectivity index (χ1n) is 7.92. The molecule has 0 saturated heterocycles. The number of rotatable bonds is 11. The molecule has 27 heavy (non-hydrogen) atoms. The lowest BCUT2D eigenvalue weighted by atomic mass is 10.1. The monoisotopic (exact) mass is 390 g/mol. The van der Waals surface area contributed by atoms with Crippen molar-refractivity contribution < 1.29 is 35.1 Å². The minimum absolute atomic E-state index is 0.0368. The van der Waals surface area contributed by atoms with E-state index in [-0.39, 0.29) is 30.8 Å². The Balaban J connectivity index is 2.85. The zero-order chi connectivity index (χ0) is 20.6. The average molecular weight is 390 g/mol. The van der Waals surface area contributed by atoms with Crippen LogP contribution in [-0.2, 0) is 9.59 Å². The number of carboxylic acid groups (broad SMARTS) is 1. The first-order valence-corrected chi connectivity index (χ1v) is 7.92. The molecular weight excluding hydrogens is 368 g/mol. The molecule has 0 aliphatic heterocycles. The number of nitrogens with one attached hydrogen (secondary N) is 4. The quantitative estimate of drug-likeness (QED) is 0.183. The Hall–Kier alpha value is -2.74. The van der Waals surface area contributed by atoms with Crippen LogP contribution >= 0.6 is 0 Å². The Labute approximate surface area is 151 Å². The minimum atomic E-state index is -1.70. The van der Waals surface area contributed by atoms with Crippen molar-refractivity contribution in [3.63, 3.8) is 0 Å². The van der Waals surface area contributed by atoms with Gasteiger partial charge in [0, 0.05) is 19.4 Å². The fraction of sp³-hybridized carbons (Fsp3) is 0.571. The molecule has 13 heteroatoms. The van der Waals surface area contributed by atoms with Crippen molar-refractivity contribution in [2.24, 2.45) is 0 Å². The molecular formula is C14H22N4O9. The number of anilines is 2. The van der Waals surface area contributed by atoms with Crippen LogP contribution in [0.15, 0.2) is 9.59 Å². The van der Waals surface area contributed by atoms with Crippen molar-refractivity contribution in [2.75, 3.05) is 23.8 Å². The van der Waals surface area contributed by atoms with Crippen LogP contribution in [0, 0.1) is 0 Å². The van der Waals surface area contributed by atoms with Crippen LogP contribution in [0.4, 0.5) is 11.5 Å². The fourth-order valence-corrected chi connectivity index (χ4v) is 2.03. The van der Waals surface area contributed by atoms with Crippen LogP contribution in [-0.4, -0.2) is 78.8 Å². The Morgan fingerprint density at radius 3 is 2.30 bits per heavy atom. The molecule has 9 N–H and O–H groups in total. The summed E-state index contributed by atoms with van der Waals surface area (Å²) in [5, 5.41) is 50.6. The fourth-order valence-electron chi connectivity index (χ4n) is 2.03. The number of carbonyl (C=O) groups excluding carboxylic acids is 1. The standard InChI is InChI=1S/C14H22N4O9/c19-5-7(21)11(25)6(20)4-15-12-10(13(26)18-14(27)17-12)16-8(22)2-1-3-9(23)24/h6-7,11,19-21,25H,1-5H2,(H,16,22)(H,23,24)(H3,15,17,18,26,27)/t6-,7+,11-/m0/s1. The first kappa shape index (κ1) is 22.3. The van der Waals surface area contributed by atoms with E-state index in [1.165, 1.54) is 0 Å². The molecule has 0 unspecified atom stereocenters. The van der Waals surface area contributed by atoms with Gasteiger partial charge in [-0.3, -0.25) is 24.4 Å². The number of carbonyl (C=O) groups is 2. The molecule has 1 aromatic heterocycles. The Morgan fingerprint density at radius 1 is 1.04 bits per heavy atom. The lowest BCUT2D eigenvalue weighted by Gasteiger charge is -2.22. The number of aliphatic hydroxyl groups is 4. The topological polar surface area (TPSA) is 225 Å². The van der Waals surface area contributed by atoms with E-state index in [1.807, 2.05) is 4.98 Å². The second-order valence-electron chi connectivity index (χ2n) is 5.64. The van der Waals surface area contributed by atoms with Crippen molar-refractivity contribution >= 4 is 23.4 Å². The van der Waals surface area contributed by atoms with E-state index in [0.29, 0.717) is 0 Å². The highest BCUT2D eigenvalue weighted by Crippen LogP contribution is 2.13. The Morgan fingerprint density at radius 2 is 1.70 bits per heavy atom. The van der Waals surface area contributed by atoms with Crippen molar-refractivity contribution in [1.82, 2.24) is 9.97 Å². The second kappa shape index (κ2) is 10.4. The van der Waals surface area contributed by atoms with Gasteiger partial charge in [0.2, 0.25) is 5.91 Å². The molecule has 0 aliphatic rings. The third-order valence-electron chi connectivity index (χ3n) is 3.47. The number of hydrogen-bond acceptors (Lipinski definition) is 9. The van der Waals surface area contributed by atoms with E-state index in [4.69, 9.17) is 10.2 Å². The van der Waals surface area contributed by atoms with Crippen LogP contribution in [0.25, 0.3) is 0 Å². The van der Waals surface area contributed by atoms with Gasteiger partial charge in [-0.05, 0) is 6.42 Å². The van der Waals surface area contributed by atoms with Gasteiger partial charge in [-0.1, -0.05) is 0 Å². The summed E-state index contributed by atoms with van der Waals surface area (Å²) in [5.41, 5.74) is -2.23.